The Morgan fingerprint density at radius 2 is 1.70 bits per heavy atom. The van der Waals surface area contributed by atoms with Gasteiger partial charge in [-0.15, -0.1) is 0 Å². The summed E-state index contributed by atoms with van der Waals surface area (Å²) < 4.78 is 21.9. The Hall–Kier alpha value is -2.44. The number of aliphatic hydroxyl groups is 1. The second-order valence-corrected chi connectivity index (χ2v) is 6.69. The fourth-order valence-corrected chi connectivity index (χ4v) is 3.70. The van der Waals surface area contributed by atoms with E-state index >= 15 is 0 Å². The van der Waals surface area contributed by atoms with Gasteiger partial charge in [-0.25, -0.2) is 0 Å². The minimum absolute atomic E-state index is 0.0267. The summed E-state index contributed by atoms with van der Waals surface area (Å²) in [7, 11) is 4.73. The lowest BCUT2D eigenvalue weighted by Gasteiger charge is -2.22. The molecule has 0 aliphatic carbocycles. The van der Waals surface area contributed by atoms with Crippen LogP contribution in [0.3, 0.4) is 0 Å². The smallest absolute Gasteiger partial charge is 0.161 e. The van der Waals surface area contributed by atoms with Gasteiger partial charge in [0.25, 0.3) is 0 Å². The van der Waals surface area contributed by atoms with Crippen LogP contribution < -0.4 is 14.2 Å². The number of aliphatic hydroxyl groups excluding tert-OH is 1. The molecule has 0 radical (unpaired) electrons. The molecular formula is C21H26O6. The molecule has 1 fully saturated rings. The van der Waals surface area contributed by atoms with E-state index in [0.717, 1.165) is 17.5 Å². The van der Waals surface area contributed by atoms with Crippen molar-refractivity contribution in [3.63, 3.8) is 0 Å². The quantitative estimate of drug-likeness (QED) is 0.776. The monoisotopic (exact) mass is 374 g/mol. The Bertz CT molecular complexity index is 775. The predicted molar refractivity (Wildman–Crippen MR) is 101 cm³/mol. The second-order valence-electron chi connectivity index (χ2n) is 6.69. The first kappa shape index (κ1) is 19.3. The average Bonchev–Trinajstić information content (AvgIpc) is 3.11. The molecule has 2 aromatic rings. The van der Waals surface area contributed by atoms with Crippen molar-refractivity contribution in [3.05, 3.63) is 47.5 Å². The van der Waals surface area contributed by atoms with Gasteiger partial charge in [-0.2, -0.15) is 0 Å². The molecule has 1 heterocycles. The number of benzene rings is 2. The van der Waals surface area contributed by atoms with Crippen molar-refractivity contribution < 1.29 is 29.2 Å². The summed E-state index contributed by atoms with van der Waals surface area (Å²) in [6.07, 6.45) is 0.518. The standard InChI is InChI=1S/C21H26O6/c1-24-18-7-5-14(10-20(18)26-3)21-16(11-22)15(12-27-21)8-13-4-6-17(23)19(9-13)25-2/h4-7,9-10,15-16,21-23H,8,11-12H2,1-3H3/t15-,16-,21+/m1/s1. The maximum absolute atomic E-state index is 10.0. The molecule has 27 heavy (non-hydrogen) atoms. The van der Waals surface area contributed by atoms with Crippen LogP contribution in [0.25, 0.3) is 0 Å². The first-order valence-corrected chi connectivity index (χ1v) is 8.91. The minimum atomic E-state index is -0.209. The van der Waals surface area contributed by atoms with E-state index in [0.29, 0.717) is 23.9 Å². The van der Waals surface area contributed by atoms with Gasteiger partial charge in [-0.05, 0) is 47.7 Å². The van der Waals surface area contributed by atoms with Crippen LogP contribution in [0.4, 0.5) is 0 Å². The van der Waals surface area contributed by atoms with Gasteiger partial charge in [-0.1, -0.05) is 12.1 Å². The first-order chi connectivity index (χ1) is 13.1. The number of ether oxygens (including phenoxy) is 4. The molecule has 146 valence electrons. The summed E-state index contributed by atoms with van der Waals surface area (Å²) >= 11 is 0. The molecule has 0 spiro atoms. The number of hydrogen-bond acceptors (Lipinski definition) is 6. The van der Waals surface area contributed by atoms with Crippen LogP contribution in [0.1, 0.15) is 17.2 Å². The molecule has 1 aliphatic heterocycles. The molecule has 0 amide bonds. The Kier molecular flexibility index (Phi) is 6.08. The van der Waals surface area contributed by atoms with Crippen LogP contribution in [0.15, 0.2) is 36.4 Å². The van der Waals surface area contributed by atoms with Crippen molar-refractivity contribution in [2.24, 2.45) is 11.8 Å². The van der Waals surface area contributed by atoms with Crippen molar-refractivity contribution in [1.29, 1.82) is 0 Å². The second kappa shape index (κ2) is 8.50. The summed E-state index contributed by atoms with van der Waals surface area (Å²) in [4.78, 5) is 0. The molecule has 0 bridgehead atoms. The SMILES string of the molecule is COc1cc(C[C@@H]2CO[C@@H](c3ccc(OC)c(OC)c3)[C@@H]2CO)ccc1O. The van der Waals surface area contributed by atoms with Gasteiger partial charge in [0.2, 0.25) is 0 Å². The van der Waals surface area contributed by atoms with Gasteiger partial charge < -0.3 is 29.2 Å². The number of methoxy groups -OCH3 is 3. The van der Waals surface area contributed by atoms with Gasteiger partial charge in [0, 0.05) is 12.5 Å². The molecule has 0 aromatic heterocycles. The summed E-state index contributed by atoms with van der Waals surface area (Å²) in [6.45, 7) is 0.576. The fourth-order valence-electron chi connectivity index (χ4n) is 3.70. The third-order valence-electron chi connectivity index (χ3n) is 5.17. The van der Waals surface area contributed by atoms with Crippen LogP contribution in [0.2, 0.25) is 0 Å². The van der Waals surface area contributed by atoms with Crippen LogP contribution in [-0.2, 0) is 11.2 Å². The lowest BCUT2D eigenvalue weighted by Crippen LogP contribution is -2.21. The molecule has 1 aliphatic rings. The Morgan fingerprint density at radius 3 is 2.37 bits per heavy atom. The predicted octanol–water partition coefficient (Wildman–Crippen LogP) is 2.96. The Labute approximate surface area is 159 Å². The topological polar surface area (TPSA) is 77.4 Å². The highest BCUT2D eigenvalue weighted by molar-refractivity contribution is 5.44. The van der Waals surface area contributed by atoms with Crippen molar-refractivity contribution in [3.8, 4) is 23.0 Å². The molecule has 2 N–H and O–H groups in total. The average molecular weight is 374 g/mol. The van der Waals surface area contributed by atoms with Crippen molar-refractivity contribution in [1.82, 2.24) is 0 Å². The fraction of sp³-hybridized carbons (Fsp3) is 0.429. The van der Waals surface area contributed by atoms with Crippen molar-refractivity contribution >= 4 is 0 Å². The van der Waals surface area contributed by atoms with E-state index in [1.165, 1.54) is 7.11 Å². The molecule has 2 aromatic carbocycles. The number of rotatable bonds is 7. The molecule has 0 unspecified atom stereocenters. The van der Waals surface area contributed by atoms with Crippen LogP contribution >= 0.6 is 0 Å². The first-order valence-electron chi connectivity index (χ1n) is 8.91. The van der Waals surface area contributed by atoms with Gasteiger partial charge >= 0.3 is 0 Å². The van der Waals surface area contributed by atoms with Gasteiger partial charge in [0.15, 0.2) is 23.0 Å². The van der Waals surface area contributed by atoms with E-state index in [4.69, 9.17) is 18.9 Å². The van der Waals surface area contributed by atoms with E-state index in [1.807, 2.05) is 30.3 Å². The van der Waals surface area contributed by atoms with E-state index in [2.05, 4.69) is 0 Å². The van der Waals surface area contributed by atoms with E-state index in [-0.39, 0.29) is 30.3 Å². The third-order valence-corrected chi connectivity index (χ3v) is 5.17. The summed E-state index contributed by atoms with van der Waals surface area (Å²) in [5.74, 6) is 1.98. The highest BCUT2D eigenvalue weighted by Gasteiger charge is 2.38. The van der Waals surface area contributed by atoms with E-state index < -0.39 is 0 Å². The van der Waals surface area contributed by atoms with Gasteiger partial charge in [-0.3, -0.25) is 0 Å². The Balaban J connectivity index is 1.79. The molecular weight excluding hydrogens is 348 g/mol. The third kappa shape index (κ3) is 3.96. The lowest BCUT2D eigenvalue weighted by atomic mass is 9.84. The summed E-state index contributed by atoms with van der Waals surface area (Å²) in [6, 6.07) is 11.0. The molecule has 3 atom stereocenters. The lowest BCUT2D eigenvalue weighted by molar-refractivity contribution is 0.0717. The largest absolute Gasteiger partial charge is 0.504 e. The van der Waals surface area contributed by atoms with Gasteiger partial charge in [0.05, 0.1) is 34.0 Å². The van der Waals surface area contributed by atoms with E-state index in [1.54, 1.807) is 20.3 Å². The molecule has 1 saturated heterocycles. The highest BCUT2D eigenvalue weighted by atomic mass is 16.5. The maximum atomic E-state index is 10.0. The zero-order chi connectivity index (χ0) is 19.4. The van der Waals surface area contributed by atoms with E-state index in [9.17, 15) is 10.2 Å². The van der Waals surface area contributed by atoms with Crippen molar-refractivity contribution in [2.75, 3.05) is 34.5 Å². The zero-order valence-corrected chi connectivity index (χ0v) is 15.8. The van der Waals surface area contributed by atoms with Gasteiger partial charge in [0.1, 0.15) is 0 Å². The summed E-state index contributed by atoms with van der Waals surface area (Å²) in [5, 5.41) is 19.8. The normalized spacial score (nSPS) is 21.9. The Morgan fingerprint density at radius 1 is 0.963 bits per heavy atom. The molecule has 3 rings (SSSR count). The van der Waals surface area contributed by atoms with Crippen LogP contribution in [-0.4, -0.2) is 44.8 Å². The maximum Gasteiger partial charge on any atom is 0.161 e. The number of phenols is 1. The minimum Gasteiger partial charge on any atom is -0.504 e. The highest BCUT2D eigenvalue weighted by Crippen LogP contribution is 2.42. The van der Waals surface area contributed by atoms with Crippen molar-refractivity contribution in [2.45, 2.75) is 12.5 Å². The zero-order valence-electron chi connectivity index (χ0n) is 15.8. The van der Waals surface area contributed by atoms with Crippen LogP contribution in [0.5, 0.6) is 23.0 Å². The number of phenolic OH excluding ortho intramolecular Hbond substituents is 1. The number of hydrogen-bond donors (Lipinski definition) is 2. The molecule has 6 heteroatoms. The molecule has 0 saturated carbocycles. The van der Waals surface area contributed by atoms with Crippen LogP contribution in [0, 0.1) is 11.8 Å². The number of aromatic hydroxyl groups is 1. The molecule has 6 nitrogen and oxygen atoms in total. The summed E-state index contributed by atoms with van der Waals surface area (Å²) in [5.41, 5.74) is 1.99.